The predicted octanol–water partition coefficient (Wildman–Crippen LogP) is 1.04. The molecule has 1 saturated heterocycles. The number of amides is 4. The van der Waals surface area contributed by atoms with Crippen LogP contribution in [0.1, 0.15) is 17.5 Å². The molecule has 25 heavy (non-hydrogen) atoms. The van der Waals surface area contributed by atoms with Gasteiger partial charge in [0.2, 0.25) is 11.8 Å². The Kier molecular flexibility index (Phi) is 6.01. The van der Waals surface area contributed by atoms with E-state index in [0.717, 1.165) is 16.8 Å². The zero-order chi connectivity index (χ0) is 18.6. The Hall–Kier alpha value is -2.57. The summed E-state index contributed by atoms with van der Waals surface area (Å²) in [6.07, 6.45) is 0.502. The molecule has 136 valence electrons. The number of hydrogen-bond donors (Lipinski definition) is 2. The summed E-state index contributed by atoms with van der Waals surface area (Å²) in [5.74, 6) is -1.11. The maximum atomic E-state index is 12.6. The molecule has 1 aromatic carbocycles. The van der Waals surface area contributed by atoms with E-state index in [9.17, 15) is 14.4 Å². The summed E-state index contributed by atoms with van der Waals surface area (Å²) in [4.78, 5) is 39.3. The van der Waals surface area contributed by atoms with Gasteiger partial charge in [-0.25, -0.2) is 4.79 Å². The van der Waals surface area contributed by atoms with Gasteiger partial charge < -0.3 is 20.4 Å². The van der Waals surface area contributed by atoms with Crippen molar-refractivity contribution in [1.29, 1.82) is 0 Å². The smallest absolute Gasteiger partial charge is 0.316 e. The molecule has 7 heteroatoms. The van der Waals surface area contributed by atoms with Crippen LogP contribution in [0.5, 0.6) is 0 Å². The highest BCUT2D eigenvalue weighted by atomic mass is 16.2. The fraction of sp³-hybridized carbons (Fsp3) is 0.500. The van der Waals surface area contributed by atoms with Crippen molar-refractivity contribution in [3.63, 3.8) is 0 Å². The molecular weight excluding hydrogens is 320 g/mol. The van der Waals surface area contributed by atoms with Crippen molar-refractivity contribution in [3.8, 4) is 0 Å². The highest BCUT2D eigenvalue weighted by Gasteiger charge is 2.37. The van der Waals surface area contributed by atoms with Crippen molar-refractivity contribution in [1.82, 2.24) is 15.5 Å². The minimum absolute atomic E-state index is 0.167. The van der Waals surface area contributed by atoms with Crippen LogP contribution >= 0.6 is 0 Å². The zero-order valence-corrected chi connectivity index (χ0v) is 15.3. The van der Waals surface area contributed by atoms with Crippen LogP contribution in [-0.2, 0) is 9.59 Å². The molecule has 7 nitrogen and oxygen atoms in total. The highest BCUT2D eigenvalue weighted by molar-refractivity contribution is 6.09. The summed E-state index contributed by atoms with van der Waals surface area (Å²) in [7, 11) is 3.29. The van der Waals surface area contributed by atoms with Gasteiger partial charge in [-0.3, -0.25) is 9.59 Å². The Labute approximate surface area is 148 Å². The summed E-state index contributed by atoms with van der Waals surface area (Å²) >= 11 is 0. The van der Waals surface area contributed by atoms with Gasteiger partial charge in [-0.05, 0) is 43.5 Å². The first kappa shape index (κ1) is 18.8. The molecule has 1 aromatic rings. The van der Waals surface area contributed by atoms with E-state index in [0.29, 0.717) is 26.1 Å². The van der Waals surface area contributed by atoms with Crippen LogP contribution in [0.2, 0.25) is 0 Å². The van der Waals surface area contributed by atoms with E-state index >= 15 is 0 Å². The fourth-order valence-corrected chi connectivity index (χ4v) is 2.92. The maximum absolute atomic E-state index is 12.6. The van der Waals surface area contributed by atoms with Crippen LogP contribution in [0.15, 0.2) is 18.2 Å². The average molecular weight is 346 g/mol. The van der Waals surface area contributed by atoms with Gasteiger partial charge in [0.1, 0.15) is 5.92 Å². The number of benzene rings is 1. The number of carbonyl (C=O) groups excluding carboxylic acids is 3. The SMILES string of the molecule is Cc1cc(C)cc(N2CCC(C(=O)NCCNC(=O)N(C)C)C2=O)c1. The summed E-state index contributed by atoms with van der Waals surface area (Å²) < 4.78 is 0. The van der Waals surface area contributed by atoms with Gasteiger partial charge in [-0.15, -0.1) is 0 Å². The first-order chi connectivity index (χ1) is 11.8. The molecule has 4 amide bonds. The third-order valence-corrected chi connectivity index (χ3v) is 4.15. The Morgan fingerprint density at radius 2 is 1.72 bits per heavy atom. The standard InChI is InChI=1S/C18H26N4O3/c1-12-9-13(2)11-14(10-12)22-8-5-15(17(22)24)16(23)19-6-7-20-18(25)21(3)4/h9-11,15H,5-8H2,1-4H3,(H,19,23)(H,20,25). The number of aryl methyl sites for hydroxylation is 2. The molecule has 1 aliphatic rings. The lowest BCUT2D eigenvalue weighted by Gasteiger charge is -2.18. The molecule has 1 aliphatic heterocycles. The van der Waals surface area contributed by atoms with Crippen molar-refractivity contribution in [2.24, 2.45) is 5.92 Å². The maximum Gasteiger partial charge on any atom is 0.316 e. The van der Waals surface area contributed by atoms with Crippen LogP contribution in [-0.4, -0.2) is 56.5 Å². The van der Waals surface area contributed by atoms with E-state index in [-0.39, 0.29) is 17.8 Å². The van der Waals surface area contributed by atoms with Gasteiger partial charge in [0, 0.05) is 39.4 Å². The summed E-state index contributed by atoms with van der Waals surface area (Å²) in [5, 5.41) is 5.39. The van der Waals surface area contributed by atoms with Gasteiger partial charge in [0.05, 0.1) is 0 Å². The number of urea groups is 1. The number of anilines is 1. The van der Waals surface area contributed by atoms with Gasteiger partial charge in [0.15, 0.2) is 0 Å². The molecule has 0 radical (unpaired) electrons. The van der Waals surface area contributed by atoms with Crippen LogP contribution < -0.4 is 15.5 Å². The Morgan fingerprint density at radius 3 is 2.32 bits per heavy atom. The number of carbonyl (C=O) groups is 3. The minimum atomic E-state index is -0.662. The number of rotatable bonds is 5. The first-order valence-electron chi connectivity index (χ1n) is 8.42. The van der Waals surface area contributed by atoms with Gasteiger partial charge in [-0.2, -0.15) is 0 Å². The van der Waals surface area contributed by atoms with Crippen LogP contribution in [0, 0.1) is 19.8 Å². The molecule has 2 rings (SSSR count). The second kappa shape index (κ2) is 8.00. The molecule has 0 aliphatic carbocycles. The second-order valence-electron chi connectivity index (χ2n) is 6.59. The lowest BCUT2D eigenvalue weighted by molar-refractivity contribution is -0.132. The van der Waals surface area contributed by atoms with E-state index in [4.69, 9.17) is 0 Å². The van der Waals surface area contributed by atoms with E-state index in [1.807, 2.05) is 26.0 Å². The van der Waals surface area contributed by atoms with Crippen LogP contribution in [0.3, 0.4) is 0 Å². The molecule has 2 N–H and O–H groups in total. The van der Waals surface area contributed by atoms with Crippen molar-refractivity contribution >= 4 is 23.5 Å². The summed E-state index contributed by atoms with van der Waals surface area (Å²) in [6.45, 7) is 5.14. The molecule has 1 fully saturated rings. The molecule has 0 aromatic heterocycles. The molecule has 0 bridgehead atoms. The second-order valence-corrected chi connectivity index (χ2v) is 6.59. The van der Waals surface area contributed by atoms with E-state index in [2.05, 4.69) is 16.7 Å². The Morgan fingerprint density at radius 1 is 1.12 bits per heavy atom. The van der Waals surface area contributed by atoms with E-state index in [1.165, 1.54) is 4.90 Å². The molecule has 0 saturated carbocycles. The fourth-order valence-electron chi connectivity index (χ4n) is 2.92. The molecule has 1 unspecified atom stereocenters. The Balaban J connectivity index is 1.88. The largest absolute Gasteiger partial charge is 0.354 e. The van der Waals surface area contributed by atoms with E-state index < -0.39 is 5.92 Å². The predicted molar refractivity (Wildman–Crippen MR) is 96.5 cm³/mol. The third-order valence-electron chi connectivity index (χ3n) is 4.15. The van der Waals surface area contributed by atoms with Gasteiger partial charge in [0.25, 0.3) is 0 Å². The molecular formula is C18H26N4O3. The minimum Gasteiger partial charge on any atom is -0.354 e. The third kappa shape index (κ3) is 4.71. The summed E-state index contributed by atoms with van der Waals surface area (Å²) in [6, 6.07) is 5.76. The quantitative estimate of drug-likeness (QED) is 0.617. The molecule has 1 atom stereocenters. The Bertz CT molecular complexity index is 652. The van der Waals surface area contributed by atoms with Crippen molar-refractivity contribution in [3.05, 3.63) is 29.3 Å². The normalized spacial score (nSPS) is 16.7. The number of hydrogen-bond acceptors (Lipinski definition) is 3. The lowest BCUT2D eigenvalue weighted by Crippen LogP contribution is -2.42. The lowest BCUT2D eigenvalue weighted by atomic mass is 10.1. The topological polar surface area (TPSA) is 81.8 Å². The number of nitrogens with zero attached hydrogens (tertiary/aromatic N) is 2. The van der Waals surface area contributed by atoms with Crippen molar-refractivity contribution in [2.45, 2.75) is 20.3 Å². The molecule has 0 spiro atoms. The zero-order valence-electron chi connectivity index (χ0n) is 15.3. The van der Waals surface area contributed by atoms with Gasteiger partial charge >= 0.3 is 6.03 Å². The first-order valence-corrected chi connectivity index (χ1v) is 8.42. The molecule has 1 heterocycles. The average Bonchev–Trinajstić information content (AvgIpc) is 2.91. The number of nitrogens with one attached hydrogen (secondary N) is 2. The van der Waals surface area contributed by atoms with Crippen molar-refractivity contribution in [2.75, 3.05) is 38.6 Å². The van der Waals surface area contributed by atoms with E-state index in [1.54, 1.807) is 19.0 Å². The highest BCUT2D eigenvalue weighted by Crippen LogP contribution is 2.27. The van der Waals surface area contributed by atoms with Crippen LogP contribution in [0.4, 0.5) is 10.5 Å². The summed E-state index contributed by atoms with van der Waals surface area (Å²) in [5.41, 5.74) is 3.02. The van der Waals surface area contributed by atoms with Crippen molar-refractivity contribution < 1.29 is 14.4 Å². The van der Waals surface area contributed by atoms with Gasteiger partial charge in [-0.1, -0.05) is 6.07 Å². The monoisotopic (exact) mass is 346 g/mol. The van der Waals surface area contributed by atoms with Crippen LogP contribution in [0.25, 0.3) is 0 Å².